The second kappa shape index (κ2) is 7.45. The van der Waals surface area contributed by atoms with Crippen LogP contribution in [0.4, 0.5) is 0 Å². The molecule has 1 atom stereocenters. The van der Waals surface area contributed by atoms with Crippen LogP contribution in [0.25, 0.3) is 0 Å². The summed E-state index contributed by atoms with van der Waals surface area (Å²) in [6.07, 6.45) is 0. The van der Waals surface area contributed by atoms with Crippen LogP contribution in [0.3, 0.4) is 0 Å². The zero-order valence-electron chi connectivity index (χ0n) is 12.7. The Bertz CT molecular complexity index is 592. The maximum absolute atomic E-state index is 12.6. The van der Waals surface area contributed by atoms with Crippen molar-refractivity contribution in [1.82, 2.24) is 9.80 Å². The average Bonchev–Trinajstić information content (AvgIpc) is 2.50. The third kappa shape index (κ3) is 3.81. The van der Waals surface area contributed by atoms with Gasteiger partial charge in [0.1, 0.15) is 6.04 Å². The van der Waals surface area contributed by atoms with Crippen LogP contribution >= 0.6 is 27.5 Å². The lowest BCUT2D eigenvalue weighted by molar-refractivity contribution is 0.0577. The molecule has 118 valence electrons. The monoisotopic (exact) mass is 383 g/mol. The molecule has 0 saturated carbocycles. The minimum absolute atomic E-state index is 0.0518. The molecule has 1 aromatic rings. The highest BCUT2D eigenvalue weighted by atomic mass is 79.9. The first-order chi connectivity index (χ1) is 10.4. The van der Waals surface area contributed by atoms with Gasteiger partial charge in [0.2, 0.25) is 0 Å². The largest absolute Gasteiger partial charge is 0.336 e. The van der Waals surface area contributed by atoms with E-state index in [4.69, 9.17) is 11.6 Å². The molecule has 1 aliphatic heterocycles. The SMILES string of the molecule is CC(C)[C@@H](C#N)N1CCN(C(=O)c2cc(Br)ccc2Cl)CC1. The van der Waals surface area contributed by atoms with Gasteiger partial charge in [-0.05, 0) is 24.1 Å². The summed E-state index contributed by atoms with van der Waals surface area (Å²) in [6.45, 7) is 6.76. The first-order valence-corrected chi connectivity index (χ1v) is 8.49. The molecule has 22 heavy (non-hydrogen) atoms. The number of nitrogens with zero attached hydrogens (tertiary/aromatic N) is 3. The fourth-order valence-electron chi connectivity index (χ4n) is 2.69. The van der Waals surface area contributed by atoms with Crippen molar-refractivity contribution in [2.24, 2.45) is 5.92 Å². The second-order valence-electron chi connectivity index (χ2n) is 5.77. The fraction of sp³-hybridized carbons (Fsp3) is 0.500. The van der Waals surface area contributed by atoms with Crippen LogP contribution < -0.4 is 0 Å². The van der Waals surface area contributed by atoms with E-state index >= 15 is 0 Å². The van der Waals surface area contributed by atoms with Crippen molar-refractivity contribution < 1.29 is 4.79 Å². The molecule has 1 amide bonds. The van der Waals surface area contributed by atoms with E-state index in [9.17, 15) is 10.1 Å². The predicted octanol–water partition coefficient (Wildman–Crippen LogP) is 3.41. The molecule has 4 nitrogen and oxygen atoms in total. The Morgan fingerprint density at radius 2 is 1.95 bits per heavy atom. The number of piperazine rings is 1. The summed E-state index contributed by atoms with van der Waals surface area (Å²) in [5.41, 5.74) is 0.519. The summed E-state index contributed by atoms with van der Waals surface area (Å²) in [5, 5.41) is 9.74. The van der Waals surface area contributed by atoms with Crippen LogP contribution in [0.15, 0.2) is 22.7 Å². The van der Waals surface area contributed by atoms with Gasteiger partial charge in [-0.1, -0.05) is 41.4 Å². The lowest BCUT2D eigenvalue weighted by Gasteiger charge is -2.38. The molecule has 0 radical (unpaired) electrons. The number of rotatable bonds is 3. The van der Waals surface area contributed by atoms with Gasteiger partial charge >= 0.3 is 0 Å². The smallest absolute Gasteiger partial charge is 0.255 e. The van der Waals surface area contributed by atoms with Crippen LogP contribution in [0, 0.1) is 17.2 Å². The maximum atomic E-state index is 12.6. The van der Waals surface area contributed by atoms with Gasteiger partial charge in [0.15, 0.2) is 0 Å². The molecule has 1 fully saturated rings. The van der Waals surface area contributed by atoms with Crippen molar-refractivity contribution in [2.75, 3.05) is 26.2 Å². The van der Waals surface area contributed by atoms with Gasteiger partial charge in [0.25, 0.3) is 5.91 Å². The highest BCUT2D eigenvalue weighted by Crippen LogP contribution is 2.23. The van der Waals surface area contributed by atoms with Crippen molar-refractivity contribution >= 4 is 33.4 Å². The number of carbonyl (C=O) groups excluding carboxylic acids is 1. The summed E-state index contributed by atoms with van der Waals surface area (Å²) < 4.78 is 0.836. The van der Waals surface area contributed by atoms with Crippen LogP contribution in [-0.4, -0.2) is 47.9 Å². The molecule has 1 aliphatic rings. The van der Waals surface area contributed by atoms with Gasteiger partial charge in [-0.25, -0.2) is 0 Å². The summed E-state index contributed by atoms with van der Waals surface area (Å²) in [5.74, 6) is 0.232. The Balaban J connectivity index is 2.04. The lowest BCUT2D eigenvalue weighted by Crippen LogP contribution is -2.52. The van der Waals surface area contributed by atoms with Crippen molar-refractivity contribution in [3.63, 3.8) is 0 Å². The van der Waals surface area contributed by atoms with Gasteiger partial charge in [0, 0.05) is 30.7 Å². The molecule has 6 heteroatoms. The lowest BCUT2D eigenvalue weighted by atomic mass is 10.0. The first kappa shape index (κ1) is 17.3. The number of amides is 1. The number of hydrogen-bond acceptors (Lipinski definition) is 3. The molecule has 2 rings (SSSR count). The van der Waals surface area contributed by atoms with Crippen molar-refractivity contribution in [3.05, 3.63) is 33.3 Å². The number of benzene rings is 1. The van der Waals surface area contributed by atoms with E-state index in [0.29, 0.717) is 36.8 Å². The van der Waals surface area contributed by atoms with Gasteiger partial charge in [0.05, 0.1) is 16.7 Å². The topological polar surface area (TPSA) is 47.3 Å². The normalized spacial score (nSPS) is 17.4. The Morgan fingerprint density at radius 1 is 1.32 bits per heavy atom. The van der Waals surface area contributed by atoms with E-state index in [2.05, 4.69) is 26.9 Å². The van der Waals surface area contributed by atoms with E-state index in [1.807, 2.05) is 19.9 Å². The van der Waals surface area contributed by atoms with Crippen LogP contribution in [-0.2, 0) is 0 Å². The van der Waals surface area contributed by atoms with Crippen LogP contribution in [0.5, 0.6) is 0 Å². The summed E-state index contributed by atoms with van der Waals surface area (Å²) in [7, 11) is 0. The van der Waals surface area contributed by atoms with Crippen molar-refractivity contribution in [1.29, 1.82) is 5.26 Å². The van der Waals surface area contributed by atoms with Gasteiger partial charge in [-0.3, -0.25) is 9.69 Å². The zero-order valence-corrected chi connectivity index (χ0v) is 15.1. The molecule has 1 heterocycles. The molecule has 0 N–H and O–H groups in total. The summed E-state index contributed by atoms with van der Waals surface area (Å²) in [4.78, 5) is 16.5. The summed E-state index contributed by atoms with van der Waals surface area (Å²) in [6, 6.07) is 7.56. The maximum Gasteiger partial charge on any atom is 0.255 e. The Hall–Kier alpha value is -1.09. The van der Waals surface area contributed by atoms with Gasteiger partial charge in [-0.15, -0.1) is 0 Å². The Labute approximate surface area is 144 Å². The molecule has 0 spiro atoms. The predicted molar refractivity (Wildman–Crippen MR) is 90.9 cm³/mol. The molecule has 1 aromatic carbocycles. The minimum Gasteiger partial charge on any atom is -0.336 e. The average molecular weight is 385 g/mol. The van der Waals surface area contributed by atoms with E-state index in [1.165, 1.54) is 0 Å². The number of halogens is 2. The number of hydrogen-bond donors (Lipinski definition) is 0. The fourth-order valence-corrected chi connectivity index (χ4v) is 3.25. The Kier molecular flexibility index (Phi) is 5.85. The third-order valence-corrected chi connectivity index (χ3v) is 4.74. The van der Waals surface area contributed by atoms with E-state index in [-0.39, 0.29) is 17.9 Å². The molecular formula is C16H19BrClN3O. The number of nitriles is 1. The minimum atomic E-state index is -0.0910. The van der Waals surface area contributed by atoms with E-state index in [1.54, 1.807) is 17.0 Å². The molecule has 0 bridgehead atoms. The van der Waals surface area contributed by atoms with E-state index < -0.39 is 0 Å². The summed E-state index contributed by atoms with van der Waals surface area (Å²) >= 11 is 9.50. The highest BCUT2D eigenvalue weighted by Gasteiger charge is 2.28. The molecule has 0 unspecified atom stereocenters. The van der Waals surface area contributed by atoms with Crippen LogP contribution in [0.2, 0.25) is 5.02 Å². The van der Waals surface area contributed by atoms with Gasteiger partial charge in [-0.2, -0.15) is 5.26 Å². The zero-order chi connectivity index (χ0) is 16.3. The Morgan fingerprint density at radius 3 is 2.50 bits per heavy atom. The number of carbonyl (C=O) groups is 1. The molecule has 0 aliphatic carbocycles. The highest BCUT2D eigenvalue weighted by molar-refractivity contribution is 9.10. The molecule has 1 saturated heterocycles. The standard InChI is InChI=1S/C16H19BrClN3O/c1-11(2)15(10-19)20-5-7-21(8-6-20)16(22)13-9-12(17)3-4-14(13)18/h3-4,9,11,15H,5-8H2,1-2H3/t15-/m1/s1. The first-order valence-electron chi connectivity index (χ1n) is 7.32. The molecular weight excluding hydrogens is 366 g/mol. The van der Waals surface area contributed by atoms with Gasteiger partial charge < -0.3 is 4.90 Å². The quantitative estimate of drug-likeness (QED) is 0.802. The second-order valence-corrected chi connectivity index (χ2v) is 7.09. The molecule has 0 aromatic heterocycles. The van der Waals surface area contributed by atoms with Crippen molar-refractivity contribution in [2.45, 2.75) is 19.9 Å². The van der Waals surface area contributed by atoms with Crippen molar-refractivity contribution in [3.8, 4) is 6.07 Å². The van der Waals surface area contributed by atoms with E-state index in [0.717, 1.165) is 4.47 Å². The van der Waals surface area contributed by atoms with Crippen LogP contribution in [0.1, 0.15) is 24.2 Å². The third-order valence-electron chi connectivity index (χ3n) is 3.92.